The van der Waals surface area contributed by atoms with Gasteiger partial charge in [0.25, 0.3) is 0 Å². The summed E-state index contributed by atoms with van der Waals surface area (Å²) in [5.74, 6) is 2.00. The molecule has 0 amide bonds. The van der Waals surface area contributed by atoms with Gasteiger partial charge in [0.1, 0.15) is 11.5 Å². The van der Waals surface area contributed by atoms with Crippen molar-refractivity contribution in [1.29, 1.82) is 0 Å². The Morgan fingerprint density at radius 3 is 1.23 bits per heavy atom. The summed E-state index contributed by atoms with van der Waals surface area (Å²) in [6, 6.07) is 9.56. The third-order valence-electron chi connectivity index (χ3n) is 9.79. The Bertz CT molecular complexity index is 1200. The second kappa shape index (κ2) is 16.4. The topological polar surface area (TPSA) is 27.7 Å². The van der Waals surface area contributed by atoms with E-state index in [1.165, 1.54) is 97.6 Å². The highest BCUT2D eigenvalue weighted by Crippen LogP contribution is 2.56. The van der Waals surface area contributed by atoms with E-state index in [-0.39, 0.29) is 27.6 Å². The minimum Gasteiger partial charge on any atom is -0.417 e. The van der Waals surface area contributed by atoms with E-state index in [4.69, 9.17) is 13.6 Å². The van der Waals surface area contributed by atoms with Gasteiger partial charge < -0.3 is 9.05 Å². The van der Waals surface area contributed by atoms with Gasteiger partial charge in [-0.25, -0.2) is 0 Å². The number of rotatable bonds is 13. The summed E-state index contributed by atoms with van der Waals surface area (Å²) in [6.45, 7) is 32.9. The lowest BCUT2D eigenvalue weighted by atomic mass is 9.74. The fourth-order valence-electron chi connectivity index (χ4n) is 6.42. The van der Waals surface area contributed by atoms with Crippen LogP contribution < -0.4 is 9.05 Å². The summed E-state index contributed by atoms with van der Waals surface area (Å²) in [5.41, 5.74) is 7.44. The molecule has 266 valence electrons. The zero-order valence-corrected chi connectivity index (χ0v) is 33.9. The average molecular weight is 667 g/mol. The van der Waals surface area contributed by atoms with Crippen molar-refractivity contribution in [2.75, 3.05) is 6.61 Å². The van der Waals surface area contributed by atoms with Gasteiger partial charge in [0.2, 0.25) is 0 Å². The van der Waals surface area contributed by atoms with Crippen molar-refractivity contribution in [2.45, 2.75) is 195 Å². The maximum atomic E-state index is 6.97. The molecule has 0 saturated carbocycles. The molecule has 2 aromatic rings. The predicted molar refractivity (Wildman–Crippen MR) is 206 cm³/mol. The molecular weight excluding hydrogens is 595 g/mol. The summed E-state index contributed by atoms with van der Waals surface area (Å²) >= 11 is 0. The lowest BCUT2D eigenvalue weighted by Gasteiger charge is -2.36. The van der Waals surface area contributed by atoms with Gasteiger partial charge in [-0.1, -0.05) is 185 Å². The predicted octanol–water partition coefficient (Wildman–Crippen LogP) is 14.4. The van der Waals surface area contributed by atoms with Gasteiger partial charge in [-0.3, -0.25) is 4.52 Å². The van der Waals surface area contributed by atoms with Crippen LogP contribution in [0.15, 0.2) is 24.3 Å². The number of benzene rings is 2. The normalized spacial score (nSPS) is 17.3. The Labute approximate surface area is 292 Å². The SMILES string of the molecule is CCCCCCCCCCCCCOP1Oc2c(cc(C(C)(C)C)cc2C(C)(C)C)C(C)c2cc(C(C)(C)C)cc(C(C)(C)C)c2O1. The largest absolute Gasteiger partial charge is 0.463 e. The van der Waals surface area contributed by atoms with E-state index >= 15 is 0 Å². The minimum absolute atomic E-state index is 0.0105. The molecule has 0 radical (unpaired) electrons. The first-order valence-electron chi connectivity index (χ1n) is 18.9. The summed E-state index contributed by atoms with van der Waals surface area (Å²) in [7, 11) is -1.65. The fourth-order valence-corrected chi connectivity index (χ4v) is 7.55. The van der Waals surface area contributed by atoms with Crippen molar-refractivity contribution >= 4 is 8.60 Å². The lowest BCUT2D eigenvalue weighted by Crippen LogP contribution is -2.23. The van der Waals surface area contributed by atoms with Crippen molar-refractivity contribution < 1.29 is 13.6 Å². The third kappa shape index (κ3) is 11.2. The molecule has 0 fully saturated rings. The van der Waals surface area contributed by atoms with Crippen LogP contribution in [0.25, 0.3) is 0 Å². The molecule has 0 unspecified atom stereocenters. The maximum absolute atomic E-state index is 6.97. The second-order valence-electron chi connectivity index (χ2n) is 18.4. The minimum atomic E-state index is -1.65. The summed E-state index contributed by atoms with van der Waals surface area (Å²) < 4.78 is 20.6. The van der Waals surface area contributed by atoms with Crippen molar-refractivity contribution in [3.8, 4) is 11.5 Å². The van der Waals surface area contributed by atoms with Crippen LogP contribution in [0.2, 0.25) is 0 Å². The van der Waals surface area contributed by atoms with E-state index in [9.17, 15) is 0 Å². The van der Waals surface area contributed by atoms with E-state index in [0.717, 1.165) is 17.9 Å². The molecule has 0 bridgehead atoms. The highest BCUT2D eigenvalue weighted by atomic mass is 31.2. The van der Waals surface area contributed by atoms with Crippen LogP contribution in [0, 0.1) is 0 Å². The quantitative estimate of drug-likeness (QED) is 0.157. The number of fused-ring (bicyclic) bond motifs is 2. The van der Waals surface area contributed by atoms with Crippen molar-refractivity contribution in [3.63, 3.8) is 0 Å². The van der Waals surface area contributed by atoms with E-state index in [0.29, 0.717) is 6.61 Å². The molecule has 0 atom stereocenters. The molecule has 1 aliphatic rings. The van der Waals surface area contributed by atoms with E-state index in [1.54, 1.807) is 0 Å². The Kier molecular flexibility index (Phi) is 13.9. The average Bonchev–Trinajstić information content (AvgIpc) is 2.94. The highest BCUT2D eigenvalue weighted by molar-refractivity contribution is 7.42. The van der Waals surface area contributed by atoms with Gasteiger partial charge in [0, 0.05) is 28.2 Å². The van der Waals surface area contributed by atoms with Crippen molar-refractivity contribution in [2.24, 2.45) is 0 Å². The smallest absolute Gasteiger partial charge is 0.417 e. The fraction of sp³-hybridized carbons (Fsp3) is 0.721. The summed E-state index contributed by atoms with van der Waals surface area (Å²) in [6.07, 6.45) is 14.5. The Morgan fingerprint density at radius 2 is 0.894 bits per heavy atom. The van der Waals surface area contributed by atoms with Crippen LogP contribution in [0.5, 0.6) is 11.5 Å². The van der Waals surface area contributed by atoms with Crippen LogP contribution in [0.1, 0.15) is 207 Å². The first-order chi connectivity index (χ1) is 21.7. The first-order valence-corrected chi connectivity index (χ1v) is 20.0. The first kappa shape index (κ1) is 39.9. The molecule has 0 aromatic heterocycles. The van der Waals surface area contributed by atoms with Crippen LogP contribution in [-0.2, 0) is 26.2 Å². The molecule has 0 spiro atoms. The number of hydrogen-bond donors (Lipinski definition) is 0. The van der Waals surface area contributed by atoms with Crippen LogP contribution in [-0.4, -0.2) is 6.61 Å². The number of hydrogen-bond acceptors (Lipinski definition) is 3. The van der Waals surface area contributed by atoms with Gasteiger partial charge in [0.15, 0.2) is 0 Å². The molecule has 47 heavy (non-hydrogen) atoms. The highest BCUT2D eigenvalue weighted by Gasteiger charge is 2.37. The zero-order valence-electron chi connectivity index (χ0n) is 33.0. The molecule has 4 heteroatoms. The zero-order chi connectivity index (χ0) is 35.2. The monoisotopic (exact) mass is 667 g/mol. The van der Waals surface area contributed by atoms with Gasteiger partial charge in [0.05, 0.1) is 6.61 Å². The van der Waals surface area contributed by atoms with E-state index in [1.807, 2.05) is 0 Å². The van der Waals surface area contributed by atoms with Gasteiger partial charge >= 0.3 is 8.60 Å². The lowest BCUT2D eigenvalue weighted by molar-refractivity contribution is 0.252. The van der Waals surface area contributed by atoms with Crippen LogP contribution in [0.4, 0.5) is 0 Å². The molecule has 2 aromatic carbocycles. The summed E-state index contributed by atoms with van der Waals surface area (Å²) in [5, 5.41) is 0. The Balaban J connectivity index is 1.97. The molecule has 1 aliphatic heterocycles. The van der Waals surface area contributed by atoms with E-state index < -0.39 is 8.60 Å². The molecular formula is C43H71O3P. The van der Waals surface area contributed by atoms with Crippen LogP contribution >= 0.6 is 8.60 Å². The molecule has 0 saturated heterocycles. The molecule has 1 heterocycles. The van der Waals surface area contributed by atoms with Gasteiger partial charge in [-0.05, 0) is 39.2 Å². The van der Waals surface area contributed by atoms with Gasteiger partial charge in [-0.15, -0.1) is 0 Å². The third-order valence-corrected chi connectivity index (χ3v) is 10.8. The number of unbranched alkanes of at least 4 members (excludes halogenated alkanes) is 10. The molecule has 0 N–H and O–H groups in total. The summed E-state index contributed by atoms with van der Waals surface area (Å²) in [4.78, 5) is 0. The molecule has 3 rings (SSSR count). The van der Waals surface area contributed by atoms with Gasteiger partial charge in [-0.2, -0.15) is 0 Å². The Hall–Kier alpha value is -1.57. The van der Waals surface area contributed by atoms with E-state index in [2.05, 4.69) is 121 Å². The Morgan fingerprint density at radius 1 is 0.532 bits per heavy atom. The molecule has 0 aliphatic carbocycles. The van der Waals surface area contributed by atoms with Crippen molar-refractivity contribution in [1.82, 2.24) is 0 Å². The van der Waals surface area contributed by atoms with Crippen molar-refractivity contribution in [3.05, 3.63) is 57.6 Å². The standard InChI is InChI=1S/C43H71O3P/c1-15-16-17-18-19-20-21-22-23-24-25-26-44-47-45-38-34(27-32(40(3,4)5)29-36(38)42(9,10)11)31(2)35-28-33(41(6,7)8)30-37(39(35)46-47)43(12,13)14/h27-31H,15-26H2,1-14H3. The van der Waals surface area contributed by atoms with Crippen LogP contribution in [0.3, 0.4) is 0 Å². The molecule has 3 nitrogen and oxygen atoms in total. The second-order valence-corrected chi connectivity index (χ2v) is 19.5. The maximum Gasteiger partial charge on any atom is 0.463 e.